The summed E-state index contributed by atoms with van der Waals surface area (Å²) in [5.41, 5.74) is 0.793. The molecule has 1 aliphatic rings. The fourth-order valence-corrected chi connectivity index (χ4v) is 3.62. The van der Waals surface area contributed by atoms with E-state index in [-0.39, 0.29) is 11.8 Å². The van der Waals surface area contributed by atoms with Crippen LogP contribution in [0.25, 0.3) is 0 Å². The van der Waals surface area contributed by atoms with Crippen LogP contribution >= 0.6 is 11.8 Å². The molecule has 7 heteroatoms. The predicted molar refractivity (Wildman–Crippen MR) is 76.6 cm³/mol. The lowest BCUT2D eigenvalue weighted by Gasteiger charge is -2.35. The summed E-state index contributed by atoms with van der Waals surface area (Å²) < 4.78 is 40.0. The summed E-state index contributed by atoms with van der Waals surface area (Å²) in [5, 5.41) is 10.3. The molecule has 0 saturated carbocycles. The zero-order valence-electron chi connectivity index (χ0n) is 11.6. The first-order chi connectivity index (χ1) is 9.85. The third kappa shape index (κ3) is 5.09. The Labute approximate surface area is 126 Å². The Hall–Kier alpha value is -0.920. The number of likely N-dealkylation sites (N-methyl/N-ethyl adjacent to an activating group) is 1. The minimum Gasteiger partial charge on any atom is -0.406 e. The molecule has 1 aromatic rings. The third-order valence-corrected chi connectivity index (χ3v) is 4.54. The van der Waals surface area contributed by atoms with E-state index in [1.807, 2.05) is 18.8 Å². The molecule has 0 radical (unpaired) electrons. The lowest BCUT2D eigenvalue weighted by molar-refractivity contribution is -0.274. The Bertz CT molecular complexity index is 453. The molecule has 2 unspecified atom stereocenters. The minimum absolute atomic E-state index is 0.0786. The van der Waals surface area contributed by atoms with Crippen LogP contribution in [0, 0.1) is 0 Å². The fourth-order valence-electron chi connectivity index (χ4n) is 2.32. The Morgan fingerprint density at radius 1 is 1.38 bits per heavy atom. The Morgan fingerprint density at radius 3 is 2.62 bits per heavy atom. The topological polar surface area (TPSA) is 32.7 Å². The van der Waals surface area contributed by atoms with E-state index < -0.39 is 12.5 Å². The van der Waals surface area contributed by atoms with E-state index in [9.17, 15) is 18.3 Å². The molecule has 3 nitrogen and oxygen atoms in total. The average molecular weight is 321 g/mol. The number of benzene rings is 1. The molecule has 0 aliphatic carbocycles. The van der Waals surface area contributed by atoms with Crippen LogP contribution in [0.2, 0.25) is 0 Å². The molecule has 1 aliphatic heterocycles. The highest BCUT2D eigenvalue weighted by Crippen LogP contribution is 2.24. The quantitative estimate of drug-likeness (QED) is 0.924. The molecule has 0 aromatic heterocycles. The van der Waals surface area contributed by atoms with Crippen LogP contribution in [-0.4, -0.2) is 53.6 Å². The van der Waals surface area contributed by atoms with Gasteiger partial charge < -0.3 is 9.84 Å². The fraction of sp³-hybridized carbons (Fsp3) is 0.571. The molecule has 1 saturated heterocycles. The number of alkyl halides is 3. The maximum absolute atomic E-state index is 12.1. The molecule has 2 atom stereocenters. The van der Waals surface area contributed by atoms with Crippen LogP contribution in [0.15, 0.2) is 24.3 Å². The van der Waals surface area contributed by atoms with Gasteiger partial charge in [-0.2, -0.15) is 11.8 Å². The lowest BCUT2D eigenvalue weighted by Crippen LogP contribution is -2.47. The zero-order valence-corrected chi connectivity index (χ0v) is 12.5. The molecular formula is C14H18F3NO2S. The number of hydrogen-bond donors (Lipinski definition) is 1. The second-order valence-electron chi connectivity index (χ2n) is 5.09. The maximum Gasteiger partial charge on any atom is 0.573 e. The van der Waals surface area contributed by atoms with E-state index >= 15 is 0 Å². The number of aliphatic hydroxyl groups excluding tert-OH is 1. The number of hydrogen-bond acceptors (Lipinski definition) is 4. The van der Waals surface area contributed by atoms with Crippen molar-refractivity contribution in [2.24, 2.45) is 0 Å². The summed E-state index contributed by atoms with van der Waals surface area (Å²) >= 11 is 1.81. The smallest absolute Gasteiger partial charge is 0.406 e. The van der Waals surface area contributed by atoms with E-state index in [0.717, 1.165) is 23.6 Å². The van der Waals surface area contributed by atoms with Crippen LogP contribution < -0.4 is 4.74 Å². The SMILES string of the molecule is CN1CCSCC1C(O)Cc1ccc(OC(F)(F)F)cc1. The van der Waals surface area contributed by atoms with Gasteiger partial charge in [0.15, 0.2) is 0 Å². The maximum atomic E-state index is 12.1. The molecule has 118 valence electrons. The average Bonchev–Trinajstić information content (AvgIpc) is 2.40. The van der Waals surface area contributed by atoms with Gasteiger partial charge in [0.25, 0.3) is 0 Å². The number of ether oxygens (including phenoxy) is 1. The molecule has 1 heterocycles. The largest absolute Gasteiger partial charge is 0.573 e. The predicted octanol–water partition coefficient (Wildman–Crippen LogP) is 2.54. The first-order valence-electron chi connectivity index (χ1n) is 6.66. The summed E-state index contributed by atoms with van der Waals surface area (Å²) in [6, 6.07) is 5.74. The molecule has 0 bridgehead atoms. The van der Waals surface area contributed by atoms with E-state index in [1.54, 1.807) is 12.1 Å². The Morgan fingerprint density at radius 2 is 2.05 bits per heavy atom. The molecule has 21 heavy (non-hydrogen) atoms. The van der Waals surface area contributed by atoms with E-state index in [2.05, 4.69) is 9.64 Å². The van der Waals surface area contributed by atoms with Crippen molar-refractivity contribution in [1.82, 2.24) is 4.90 Å². The van der Waals surface area contributed by atoms with Gasteiger partial charge in [0.05, 0.1) is 6.10 Å². The molecule has 2 rings (SSSR count). The first kappa shape index (κ1) is 16.5. The summed E-state index contributed by atoms with van der Waals surface area (Å²) in [7, 11) is 1.98. The van der Waals surface area contributed by atoms with Gasteiger partial charge in [0, 0.05) is 24.1 Å². The van der Waals surface area contributed by atoms with E-state index in [1.165, 1.54) is 12.1 Å². The summed E-state index contributed by atoms with van der Waals surface area (Å²) in [6.45, 7) is 0.935. The molecule has 1 N–H and O–H groups in total. The van der Waals surface area contributed by atoms with Gasteiger partial charge in [-0.05, 0) is 31.2 Å². The number of halogens is 3. The Balaban J connectivity index is 1.93. The normalized spacial score (nSPS) is 22.0. The zero-order chi connectivity index (χ0) is 15.5. The van der Waals surface area contributed by atoms with Crippen molar-refractivity contribution < 1.29 is 23.0 Å². The number of nitrogens with zero attached hydrogens (tertiary/aromatic N) is 1. The lowest BCUT2D eigenvalue weighted by atomic mass is 10.0. The highest BCUT2D eigenvalue weighted by atomic mass is 32.2. The van der Waals surface area contributed by atoms with Crippen molar-refractivity contribution in [3.8, 4) is 5.75 Å². The van der Waals surface area contributed by atoms with Crippen LogP contribution in [0.4, 0.5) is 13.2 Å². The first-order valence-corrected chi connectivity index (χ1v) is 7.81. The number of aliphatic hydroxyl groups is 1. The van der Waals surface area contributed by atoms with Crippen molar-refractivity contribution in [1.29, 1.82) is 0 Å². The van der Waals surface area contributed by atoms with Crippen LogP contribution in [-0.2, 0) is 6.42 Å². The van der Waals surface area contributed by atoms with E-state index in [0.29, 0.717) is 6.42 Å². The van der Waals surface area contributed by atoms with Crippen LogP contribution in [0.5, 0.6) is 5.75 Å². The Kier molecular flexibility index (Phi) is 5.40. The van der Waals surface area contributed by atoms with Gasteiger partial charge in [-0.25, -0.2) is 0 Å². The second-order valence-corrected chi connectivity index (χ2v) is 6.24. The molecule has 1 fully saturated rings. The van der Waals surface area contributed by atoms with Gasteiger partial charge in [-0.3, -0.25) is 4.90 Å². The molecular weight excluding hydrogens is 303 g/mol. The van der Waals surface area contributed by atoms with Crippen molar-refractivity contribution in [3.05, 3.63) is 29.8 Å². The second kappa shape index (κ2) is 6.89. The van der Waals surface area contributed by atoms with Gasteiger partial charge in [0.2, 0.25) is 0 Å². The number of thioether (sulfide) groups is 1. The summed E-state index contributed by atoms with van der Waals surface area (Å²) in [6.07, 6.45) is -4.79. The highest BCUT2D eigenvalue weighted by molar-refractivity contribution is 7.99. The molecule has 0 amide bonds. The summed E-state index contributed by atoms with van der Waals surface area (Å²) in [5.74, 6) is 1.68. The van der Waals surface area contributed by atoms with Crippen molar-refractivity contribution >= 4 is 11.8 Å². The van der Waals surface area contributed by atoms with Gasteiger partial charge in [-0.15, -0.1) is 13.2 Å². The van der Waals surface area contributed by atoms with Gasteiger partial charge in [-0.1, -0.05) is 12.1 Å². The van der Waals surface area contributed by atoms with Crippen molar-refractivity contribution in [3.63, 3.8) is 0 Å². The van der Waals surface area contributed by atoms with Crippen molar-refractivity contribution in [2.45, 2.75) is 24.9 Å². The standard InChI is InChI=1S/C14H18F3NO2S/c1-18-6-7-21-9-12(18)13(19)8-10-2-4-11(5-3-10)20-14(15,16)17/h2-5,12-13,19H,6-9H2,1H3. The van der Waals surface area contributed by atoms with Gasteiger partial charge in [0.1, 0.15) is 5.75 Å². The van der Waals surface area contributed by atoms with Crippen LogP contribution in [0.1, 0.15) is 5.56 Å². The summed E-state index contributed by atoms with van der Waals surface area (Å²) in [4.78, 5) is 2.13. The third-order valence-electron chi connectivity index (χ3n) is 3.49. The van der Waals surface area contributed by atoms with Crippen LogP contribution in [0.3, 0.4) is 0 Å². The minimum atomic E-state index is -4.68. The van der Waals surface area contributed by atoms with E-state index in [4.69, 9.17) is 0 Å². The highest BCUT2D eigenvalue weighted by Gasteiger charge is 2.31. The number of rotatable bonds is 4. The van der Waals surface area contributed by atoms with Gasteiger partial charge >= 0.3 is 6.36 Å². The monoisotopic (exact) mass is 321 g/mol. The van der Waals surface area contributed by atoms with Crippen molar-refractivity contribution in [2.75, 3.05) is 25.1 Å². The molecule has 1 aromatic carbocycles. The molecule has 0 spiro atoms.